The van der Waals surface area contributed by atoms with Crippen LogP contribution in [0.3, 0.4) is 0 Å². The molecule has 2 fully saturated rings. The first-order valence-electron chi connectivity index (χ1n) is 7.46. The van der Waals surface area contributed by atoms with Gasteiger partial charge in [0, 0.05) is 6.54 Å². The Kier molecular flexibility index (Phi) is 6.74. The van der Waals surface area contributed by atoms with Gasteiger partial charge in [0.2, 0.25) is 5.91 Å². The maximum Gasteiger partial charge on any atom is 0.240 e. The van der Waals surface area contributed by atoms with Crippen LogP contribution in [0.1, 0.15) is 43.2 Å². The van der Waals surface area contributed by atoms with E-state index in [2.05, 4.69) is 10.2 Å². The highest BCUT2D eigenvalue weighted by Gasteiger charge is 2.46. The maximum absolute atomic E-state index is 12.0. The van der Waals surface area contributed by atoms with E-state index < -0.39 is 5.54 Å². The van der Waals surface area contributed by atoms with Crippen molar-refractivity contribution in [3.8, 4) is 0 Å². The molecule has 2 aliphatic rings. The Morgan fingerprint density at radius 1 is 1.36 bits per heavy atom. The first-order chi connectivity index (χ1) is 9.58. The van der Waals surface area contributed by atoms with Crippen LogP contribution in [0.25, 0.3) is 0 Å². The van der Waals surface area contributed by atoms with E-state index in [1.54, 1.807) is 0 Å². The lowest BCUT2D eigenvalue weighted by atomic mass is 10.2. The van der Waals surface area contributed by atoms with Gasteiger partial charge in [-0.1, -0.05) is 0 Å². The summed E-state index contributed by atoms with van der Waals surface area (Å²) in [5, 5.41) is 3.00. The minimum atomic E-state index is -0.603. The van der Waals surface area contributed by atoms with Crippen molar-refractivity contribution in [2.24, 2.45) is 5.73 Å². The summed E-state index contributed by atoms with van der Waals surface area (Å²) in [4.78, 5) is 14.4. The van der Waals surface area contributed by atoms with Crippen LogP contribution in [-0.2, 0) is 4.79 Å². The average Bonchev–Trinajstić information content (AvgIpc) is 2.85. The Morgan fingerprint density at radius 3 is 2.50 bits per heavy atom. The number of nitrogens with zero attached hydrogens (tertiary/aromatic N) is 1. The molecule has 3 N–H and O–H groups in total. The van der Waals surface area contributed by atoms with Crippen LogP contribution in [0, 0.1) is 6.92 Å². The number of rotatable bonds is 5. The van der Waals surface area contributed by atoms with Crippen LogP contribution in [0.4, 0.5) is 0 Å². The molecule has 1 aromatic rings. The third-order valence-electron chi connectivity index (χ3n) is 4.37. The molecule has 1 unspecified atom stereocenters. The Bertz CT molecular complexity index is 497. The van der Waals surface area contributed by atoms with Gasteiger partial charge in [-0.25, -0.2) is 0 Å². The largest absolute Gasteiger partial charge is 0.465 e. The maximum atomic E-state index is 12.0. The van der Waals surface area contributed by atoms with E-state index in [0.717, 1.165) is 37.5 Å². The number of hydrogen-bond acceptors (Lipinski definition) is 4. The summed E-state index contributed by atoms with van der Waals surface area (Å²) in [7, 11) is 0. The third-order valence-corrected chi connectivity index (χ3v) is 4.37. The van der Waals surface area contributed by atoms with Gasteiger partial charge in [0.25, 0.3) is 0 Å². The highest BCUT2D eigenvalue weighted by atomic mass is 35.5. The number of nitrogens with one attached hydrogen (secondary N) is 1. The van der Waals surface area contributed by atoms with Crippen molar-refractivity contribution < 1.29 is 9.21 Å². The minimum Gasteiger partial charge on any atom is -0.465 e. The molecule has 0 bridgehead atoms. The molecule has 1 aliphatic heterocycles. The number of likely N-dealkylation sites (tertiary alicyclic amines) is 1. The highest BCUT2D eigenvalue weighted by Crippen LogP contribution is 2.32. The van der Waals surface area contributed by atoms with E-state index in [1.165, 1.54) is 12.8 Å². The molecule has 126 valence electrons. The van der Waals surface area contributed by atoms with Gasteiger partial charge >= 0.3 is 0 Å². The molecule has 1 aliphatic carbocycles. The fourth-order valence-electron chi connectivity index (χ4n) is 2.82. The SMILES string of the molecule is Cc1ccc(C(CNC(=O)C2(N)CC2)N2CCCC2)o1.Cl.Cl. The van der Waals surface area contributed by atoms with Crippen molar-refractivity contribution in [3.05, 3.63) is 23.7 Å². The van der Waals surface area contributed by atoms with Crippen LogP contribution in [0.2, 0.25) is 0 Å². The number of nitrogens with two attached hydrogens (primary N) is 1. The molecular formula is C15H25Cl2N3O2. The molecule has 1 amide bonds. The monoisotopic (exact) mass is 349 g/mol. The Hall–Kier alpha value is -0.750. The zero-order valence-electron chi connectivity index (χ0n) is 12.8. The number of furan rings is 1. The van der Waals surface area contributed by atoms with Gasteiger partial charge in [-0.05, 0) is 57.8 Å². The quantitative estimate of drug-likeness (QED) is 0.854. The van der Waals surface area contributed by atoms with Gasteiger partial charge in [-0.15, -0.1) is 24.8 Å². The second-order valence-electron chi connectivity index (χ2n) is 6.07. The zero-order valence-corrected chi connectivity index (χ0v) is 14.5. The molecule has 1 aromatic heterocycles. The van der Waals surface area contributed by atoms with Gasteiger partial charge in [-0.2, -0.15) is 0 Å². The first-order valence-corrected chi connectivity index (χ1v) is 7.46. The number of carbonyl (C=O) groups excluding carboxylic acids is 1. The second kappa shape index (κ2) is 7.68. The van der Waals surface area contributed by atoms with Crippen molar-refractivity contribution >= 4 is 30.7 Å². The van der Waals surface area contributed by atoms with Gasteiger partial charge in [0.05, 0.1) is 11.6 Å². The summed E-state index contributed by atoms with van der Waals surface area (Å²) in [5.41, 5.74) is 5.32. The van der Waals surface area contributed by atoms with E-state index in [0.29, 0.717) is 6.54 Å². The summed E-state index contributed by atoms with van der Waals surface area (Å²) in [6, 6.07) is 4.11. The smallest absolute Gasteiger partial charge is 0.240 e. The van der Waals surface area contributed by atoms with Crippen LogP contribution < -0.4 is 11.1 Å². The molecule has 1 atom stereocenters. The predicted molar refractivity (Wildman–Crippen MR) is 90.7 cm³/mol. The molecule has 1 saturated heterocycles. The topological polar surface area (TPSA) is 71.5 Å². The summed E-state index contributed by atoms with van der Waals surface area (Å²) >= 11 is 0. The number of amides is 1. The fourth-order valence-corrected chi connectivity index (χ4v) is 2.82. The summed E-state index contributed by atoms with van der Waals surface area (Å²) in [5.74, 6) is 1.82. The van der Waals surface area contributed by atoms with Gasteiger partial charge in [-0.3, -0.25) is 9.69 Å². The molecular weight excluding hydrogens is 325 g/mol. The molecule has 3 rings (SSSR count). The van der Waals surface area contributed by atoms with E-state index in [4.69, 9.17) is 10.2 Å². The van der Waals surface area contributed by atoms with Crippen molar-refractivity contribution in [1.29, 1.82) is 0 Å². The second-order valence-corrected chi connectivity index (χ2v) is 6.07. The lowest BCUT2D eigenvalue weighted by Crippen LogP contribution is -2.46. The third kappa shape index (κ3) is 4.16. The lowest BCUT2D eigenvalue weighted by molar-refractivity contribution is -0.123. The average molecular weight is 350 g/mol. The van der Waals surface area contributed by atoms with Crippen molar-refractivity contribution in [1.82, 2.24) is 10.2 Å². The fraction of sp³-hybridized carbons (Fsp3) is 0.667. The van der Waals surface area contributed by atoms with Gasteiger partial charge in [0.1, 0.15) is 11.5 Å². The molecule has 5 nitrogen and oxygen atoms in total. The molecule has 0 spiro atoms. The standard InChI is InChI=1S/C15H23N3O2.2ClH/c1-11-4-5-13(20-11)12(18-8-2-3-9-18)10-17-14(19)15(16)6-7-15;;/h4-5,12H,2-3,6-10,16H2,1H3,(H,17,19);2*1H. The van der Waals surface area contributed by atoms with E-state index in [9.17, 15) is 4.79 Å². The molecule has 22 heavy (non-hydrogen) atoms. The molecule has 7 heteroatoms. The summed E-state index contributed by atoms with van der Waals surface area (Å²) in [6.07, 6.45) is 4.02. The number of hydrogen-bond donors (Lipinski definition) is 2. The van der Waals surface area contributed by atoms with Gasteiger partial charge < -0.3 is 15.5 Å². The molecule has 2 heterocycles. The highest BCUT2D eigenvalue weighted by molar-refractivity contribution is 5.89. The number of halogens is 2. The molecule has 0 aromatic carbocycles. The zero-order chi connectivity index (χ0) is 14.2. The predicted octanol–water partition coefficient (Wildman–Crippen LogP) is 2.18. The van der Waals surface area contributed by atoms with E-state index in [1.807, 2.05) is 19.1 Å². The Morgan fingerprint density at radius 2 is 2.00 bits per heavy atom. The van der Waals surface area contributed by atoms with Crippen LogP contribution in [-0.4, -0.2) is 36.0 Å². The Labute approximate surface area is 143 Å². The van der Waals surface area contributed by atoms with Crippen molar-refractivity contribution in [2.45, 2.75) is 44.2 Å². The molecule has 0 radical (unpaired) electrons. The Balaban J connectivity index is 0.00000121. The van der Waals surface area contributed by atoms with E-state index >= 15 is 0 Å². The van der Waals surface area contributed by atoms with Crippen LogP contribution in [0.15, 0.2) is 16.5 Å². The number of aryl methyl sites for hydroxylation is 1. The summed E-state index contributed by atoms with van der Waals surface area (Å²) in [6.45, 7) is 4.65. The lowest BCUT2D eigenvalue weighted by Gasteiger charge is -2.26. The van der Waals surface area contributed by atoms with Crippen LogP contribution >= 0.6 is 24.8 Å². The first kappa shape index (κ1) is 19.3. The van der Waals surface area contributed by atoms with Crippen LogP contribution in [0.5, 0.6) is 0 Å². The van der Waals surface area contributed by atoms with Gasteiger partial charge in [0.15, 0.2) is 0 Å². The summed E-state index contributed by atoms with van der Waals surface area (Å²) < 4.78 is 5.77. The molecule has 1 saturated carbocycles. The van der Waals surface area contributed by atoms with Crippen molar-refractivity contribution in [2.75, 3.05) is 19.6 Å². The van der Waals surface area contributed by atoms with E-state index in [-0.39, 0.29) is 36.8 Å². The normalized spacial score (nSPS) is 20.6. The van der Waals surface area contributed by atoms with Crippen molar-refractivity contribution in [3.63, 3.8) is 0 Å². The minimum absolute atomic E-state index is 0. The number of carbonyl (C=O) groups is 1.